The highest BCUT2D eigenvalue weighted by Gasteiger charge is 2.06. The maximum Gasteiger partial charge on any atom is 0.337 e. The number of hydrazone groups is 1. The fourth-order valence-electron chi connectivity index (χ4n) is 1.79. The number of esters is 1. The van der Waals surface area contributed by atoms with E-state index >= 15 is 0 Å². The Morgan fingerprint density at radius 2 is 1.78 bits per heavy atom. The number of nitrogens with zero attached hydrogens (tertiary/aromatic N) is 1. The molecule has 0 unspecified atom stereocenters. The van der Waals surface area contributed by atoms with Gasteiger partial charge in [0, 0.05) is 10.6 Å². The number of methoxy groups -OCH3 is 1. The second-order valence-corrected chi connectivity index (χ2v) is 5.18. The normalized spacial score (nSPS) is 10.6. The standard InChI is InChI=1S/C17H15ClN2O3/c1-11-3-6-14(9-15(11)18)16(21)20-19-10-12-4-7-13(8-5-12)17(22)23-2/h3-10H,1-2H3,(H,20,21)/b19-10-. The van der Waals surface area contributed by atoms with E-state index in [2.05, 4.69) is 15.3 Å². The van der Waals surface area contributed by atoms with Crippen LogP contribution in [0.3, 0.4) is 0 Å². The average molecular weight is 331 g/mol. The molecule has 2 aromatic rings. The number of amides is 1. The van der Waals surface area contributed by atoms with Gasteiger partial charge >= 0.3 is 5.97 Å². The Morgan fingerprint density at radius 1 is 1.13 bits per heavy atom. The molecule has 23 heavy (non-hydrogen) atoms. The molecule has 0 atom stereocenters. The Labute approximate surface area is 138 Å². The number of carbonyl (C=O) groups is 2. The number of nitrogens with one attached hydrogen (secondary N) is 1. The molecule has 0 bridgehead atoms. The Morgan fingerprint density at radius 3 is 2.39 bits per heavy atom. The number of rotatable bonds is 4. The summed E-state index contributed by atoms with van der Waals surface area (Å²) in [6.45, 7) is 1.86. The smallest absolute Gasteiger partial charge is 0.337 e. The molecular formula is C17H15ClN2O3. The summed E-state index contributed by atoms with van der Waals surface area (Å²) in [5.74, 6) is -0.757. The minimum atomic E-state index is -0.405. The van der Waals surface area contributed by atoms with Crippen molar-refractivity contribution in [2.75, 3.05) is 7.11 Å². The largest absolute Gasteiger partial charge is 0.465 e. The summed E-state index contributed by atoms with van der Waals surface area (Å²) in [7, 11) is 1.32. The minimum absolute atomic E-state index is 0.352. The zero-order valence-corrected chi connectivity index (χ0v) is 13.4. The first-order chi connectivity index (χ1) is 11.0. The van der Waals surface area contributed by atoms with Crippen molar-refractivity contribution in [1.82, 2.24) is 5.43 Å². The number of carbonyl (C=O) groups excluding carboxylic acids is 2. The number of benzene rings is 2. The van der Waals surface area contributed by atoms with Crippen LogP contribution in [-0.4, -0.2) is 25.2 Å². The summed E-state index contributed by atoms with van der Waals surface area (Å²) in [6.07, 6.45) is 1.48. The molecule has 0 radical (unpaired) electrons. The highest BCUT2D eigenvalue weighted by molar-refractivity contribution is 6.31. The van der Waals surface area contributed by atoms with Crippen molar-refractivity contribution in [1.29, 1.82) is 0 Å². The maximum atomic E-state index is 11.9. The van der Waals surface area contributed by atoms with Gasteiger partial charge in [-0.1, -0.05) is 29.8 Å². The van der Waals surface area contributed by atoms with Crippen LogP contribution in [0.2, 0.25) is 5.02 Å². The van der Waals surface area contributed by atoms with E-state index in [9.17, 15) is 9.59 Å². The molecule has 2 aromatic carbocycles. The Balaban J connectivity index is 1.99. The predicted molar refractivity (Wildman–Crippen MR) is 89.0 cm³/mol. The van der Waals surface area contributed by atoms with Crippen LogP contribution in [0.5, 0.6) is 0 Å². The topological polar surface area (TPSA) is 67.8 Å². The highest BCUT2D eigenvalue weighted by Crippen LogP contribution is 2.16. The number of ether oxygens (including phenoxy) is 1. The Hall–Kier alpha value is -2.66. The molecule has 0 aliphatic rings. The first kappa shape index (κ1) is 16.7. The van der Waals surface area contributed by atoms with E-state index < -0.39 is 5.97 Å². The van der Waals surface area contributed by atoms with Gasteiger partial charge in [0.15, 0.2) is 0 Å². The fourth-order valence-corrected chi connectivity index (χ4v) is 1.97. The van der Waals surface area contributed by atoms with Crippen LogP contribution in [0, 0.1) is 6.92 Å². The zero-order chi connectivity index (χ0) is 16.8. The molecule has 0 spiro atoms. The van der Waals surface area contributed by atoms with Crippen LogP contribution in [0.4, 0.5) is 0 Å². The Kier molecular flexibility index (Phi) is 5.49. The van der Waals surface area contributed by atoms with Gasteiger partial charge in [0.25, 0.3) is 5.91 Å². The number of aryl methyl sites for hydroxylation is 1. The summed E-state index contributed by atoms with van der Waals surface area (Å²) in [6, 6.07) is 11.7. The molecule has 5 nitrogen and oxygen atoms in total. The zero-order valence-electron chi connectivity index (χ0n) is 12.7. The van der Waals surface area contributed by atoms with Crippen LogP contribution in [0.1, 0.15) is 31.8 Å². The van der Waals surface area contributed by atoms with Gasteiger partial charge in [-0.05, 0) is 42.3 Å². The first-order valence-corrected chi connectivity index (χ1v) is 7.17. The molecule has 0 heterocycles. The van der Waals surface area contributed by atoms with Crippen molar-refractivity contribution in [3.8, 4) is 0 Å². The first-order valence-electron chi connectivity index (χ1n) is 6.79. The molecule has 1 N–H and O–H groups in total. The molecule has 0 aromatic heterocycles. The molecule has 0 saturated heterocycles. The summed E-state index contributed by atoms with van der Waals surface area (Å²) < 4.78 is 4.62. The van der Waals surface area contributed by atoms with Gasteiger partial charge in [-0.25, -0.2) is 10.2 Å². The van der Waals surface area contributed by atoms with Gasteiger partial charge in [0.1, 0.15) is 0 Å². The van der Waals surface area contributed by atoms with Gasteiger partial charge in [0.05, 0.1) is 18.9 Å². The molecule has 0 aliphatic heterocycles. The molecule has 2 rings (SSSR count). The average Bonchev–Trinajstić information content (AvgIpc) is 2.57. The van der Waals surface area contributed by atoms with Crippen LogP contribution in [-0.2, 0) is 4.74 Å². The minimum Gasteiger partial charge on any atom is -0.465 e. The summed E-state index contributed by atoms with van der Waals surface area (Å²) in [4.78, 5) is 23.2. The fraction of sp³-hybridized carbons (Fsp3) is 0.118. The number of hydrogen-bond donors (Lipinski definition) is 1. The van der Waals surface area contributed by atoms with Crippen molar-refractivity contribution < 1.29 is 14.3 Å². The van der Waals surface area contributed by atoms with Crippen LogP contribution in [0.25, 0.3) is 0 Å². The number of halogens is 1. The molecule has 118 valence electrons. The third-order valence-electron chi connectivity index (χ3n) is 3.15. The number of hydrogen-bond acceptors (Lipinski definition) is 4. The van der Waals surface area contributed by atoms with E-state index in [0.717, 1.165) is 11.1 Å². The third-order valence-corrected chi connectivity index (χ3v) is 3.55. The summed E-state index contributed by atoms with van der Waals surface area (Å²) in [5.41, 5.74) is 4.94. The molecular weight excluding hydrogens is 316 g/mol. The lowest BCUT2D eigenvalue weighted by atomic mass is 10.1. The van der Waals surface area contributed by atoms with E-state index in [1.54, 1.807) is 42.5 Å². The lowest BCUT2D eigenvalue weighted by molar-refractivity contribution is 0.0600. The van der Waals surface area contributed by atoms with Gasteiger partial charge in [-0.3, -0.25) is 4.79 Å². The SMILES string of the molecule is COC(=O)c1ccc(/C=N\NC(=O)c2ccc(C)c(Cl)c2)cc1. The maximum absolute atomic E-state index is 11.9. The van der Waals surface area contributed by atoms with Crippen LogP contribution in [0.15, 0.2) is 47.6 Å². The lowest BCUT2D eigenvalue weighted by Crippen LogP contribution is -2.17. The summed E-state index contributed by atoms with van der Waals surface area (Å²) in [5, 5.41) is 4.41. The predicted octanol–water partition coefficient (Wildman–Crippen LogP) is 3.20. The second-order valence-electron chi connectivity index (χ2n) is 4.78. The van der Waals surface area contributed by atoms with Gasteiger partial charge in [-0.15, -0.1) is 0 Å². The molecule has 0 fully saturated rings. The van der Waals surface area contributed by atoms with Crippen LogP contribution < -0.4 is 5.43 Å². The quantitative estimate of drug-likeness (QED) is 0.532. The monoisotopic (exact) mass is 330 g/mol. The van der Waals surface area contributed by atoms with Crippen LogP contribution >= 0.6 is 11.6 Å². The highest BCUT2D eigenvalue weighted by atomic mass is 35.5. The van der Waals surface area contributed by atoms with Crippen molar-refractivity contribution in [2.45, 2.75) is 6.92 Å². The van der Waals surface area contributed by atoms with Crippen molar-refractivity contribution in [3.05, 3.63) is 69.7 Å². The van der Waals surface area contributed by atoms with Gasteiger partial charge in [0.2, 0.25) is 0 Å². The molecule has 0 aliphatic carbocycles. The van der Waals surface area contributed by atoms with Gasteiger partial charge < -0.3 is 4.74 Å². The second kappa shape index (κ2) is 7.56. The van der Waals surface area contributed by atoms with E-state index in [4.69, 9.17) is 11.6 Å². The van der Waals surface area contributed by atoms with E-state index in [-0.39, 0.29) is 5.91 Å². The van der Waals surface area contributed by atoms with E-state index in [0.29, 0.717) is 16.1 Å². The molecule has 1 amide bonds. The summed E-state index contributed by atoms with van der Waals surface area (Å²) >= 11 is 5.98. The molecule has 0 saturated carbocycles. The van der Waals surface area contributed by atoms with Crippen molar-refractivity contribution >= 4 is 29.7 Å². The lowest BCUT2D eigenvalue weighted by Gasteiger charge is -2.02. The Bertz CT molecular complexity index is 755. The van der Waals surface area contributed by atoms with Crippen molar-refractivity contribution in [3.63, 3.8) is 0 Å². The van der Waals surface area contributed by atoms with E-state index in [1.165, 1.54) is 13.3 Å². The third kappa shape index (κ3) is 4.40. The van der Waals surface area contributed by atoms with Gasteiger partial charge in [-0.2, -0.15) is 5.10 Å². The van der Waals surface area contributed by atoms with E-state index in [1.807, 2.05) is 6.92 Å². The van der Waals surface area contributed by atoms with Crippen molar-refractivity contribution in [2.24, 2.45) is 5.10 Å². The molecule has 6 heteroatoms.